The minimum absolute atomic E-state index is 0.315. The summed E-state index contributed by atoms with van der Waals surface area (Å²) in [6.07, 6.45) is 4.97. The Bertz CT molecular complexity index is 409. The summed E-state index contributed by atoms with van der Waals surface area (Å²) >= 11 is 3.19. The van der Waals surface area contributed by atoms with Crippen molar-refractivity contribution in [1.29, 1.82) is 0 Å². The molecule has 1 fully saturated rings. The molecule has 0 amide bonds. The van der Waals surface area contributed by atoms with Gasteiger partial charge in [0.05, 0.1) is 15.8 Å². The zero-order valence-electron chi connectivity index (χ0n) is 9.97. The van der Waals surface area contributed by atoms with Crippen molar-refractivity contribution in [2.75, 3.05) is 11.1 Å². The van der Waals surface area contributed by atoms with E-state index in [0.717, 1.165) is 12.1 Å². The van der Waals surface area contributed by atoms with E-state index >= 15 is 0 Å². The molecule has 94 valence electrons. The molecule has 1 aromatic rings. The Morgan fingerprint density at radius 1 is 1.35 bits per heavy atom. The highest BCUT2D eigenvalue weighted by Gasteiger charge is 2.21. The quantitative estimate of drug-likeness (QED) is 0.805. The van der Waals surface area contributed by atoms with Gasteiger partial charge < -0.3 is 11.1 Å². The van der Waals surface area contributed by atoms with Crippen LogP contribution in [-0.2, 0) is 0 Å². The molecule has 4 heteroatoms. The van der Waals surface area contributed by atoms with Crippen LogP contribution in [0.5, 0.6) is 0 Å². The van der Waals surface area contributed by atoms with Crippen molar-refractivity contribution in [3.63, 3.8) is 0 Å². The molecular weight excluding hydrogens is 283 g/mol. The lowest BCUT2D eigenvalue weighted by atomic mass is 9.86. The molecule has 2 nitrogen and oxygen atoms in total. The van der Waals surface area contributed by atoms with E-state index in [9.17, 15) is 4.39 Å². The van der Waals surface area contributed by atoms with Gasteiger partial charge in [-0.2, -0.15) is 0 Å². The predicted molar refractivity (Wildman–Crippen MR) is 73.6 cm³/mol. The van der Waals surface area contributed by atoms with Crippen LogP contribution >= 0.6 is 15.9 Å². The fourth-order valence-corrected chi connectivity index (χ4v) is 2.76. The van der Waals surface area contributed by atoms with Gasteiger partial charge in [-0.1, -0.05) is 19.8 Å². The van der Waals surface area contributed by atoms with E-state index < -0.39 is 0 Å². The third-order valence-corrected chi connectivity index (χ3v) is 4.15. The molecule has 2 atom stereocenters. The van der Waals surface area contributed by atoms with Gasteiger partial charge in [-0.05, 0) is 40.8 Å². The lowest BCUT2D eigenvalue weighted by Crippen LogP contribution is -2.30. The van der Waals surface area contributed by atoms with Gasteiger partial charge in [0.15, 0.2) is 0 Å². The molecule has 17 heavy (non-hydrogen) atoms. The third-order valence-electron chi connectivity index (χ3n) is 3.54. The number of benzene rings is 1. The summed E-state index contributed by atoms with van der Waals surface area (Å²) in [4.78, 5) is 0. The summed E-state index contributed by atoms with van der Waals surface area (Å²) in [5, 5.41) is 3.45. The first-order valence-corrected chi connectivity index (χ1v) is 6.88. The highest BCUT2D eigenvalue weighted by atomic mass is 79.9. The van der Waals surface area contributed by atoms with Gasteiger partial charge in [0.25, 0.3) is 0 Å². The van der Waals surface area contributed by atoms with Crippen LogP contribution in [0.15, 0.2) is 16.6 Å². The molecule has 1 aromatic carbocycles. The number of halogens is 2. The van der Waals surface area contributed by atoms with Crippen LogP contribution in [0, 0.1) is 11.7 Å². The minimum atomic E-state index is -0.315. The lowest BCUT2D eigenvalue weighted by Gasteiger charge is -2.30. The largest absolute Gasteiger partial charge is 0.397 e. The lowest BCUT2D eigenvalue weighted by molar-refractivity contribution is 0.349. The minimum Gasteiger partial charge on any atom is -0.397 e. The molecule has 0 bridgehead atoms. The van der Waals surface area contributed by atoms with Gasteiger partial charge in [-0.15, -0.1) is 0 Å². The number of rotatable bonds is 2. The van der Waals surface area contributed by atoms with E-state index in [1.54, 1.807) is 6.07 Å². The van der Waals surface area contributed by atoms with E-state index in [2.05, 4.69) is 28.2 Å². The Kier molecular flexibility index (Phi) is 3.92. The van der Waals surface area contributed by atoms with Crippen LogP contribution in [0.25, 0.3) is 0 Å². The standard InChI is InChI=1S/C13H18BrFN2/c1-8-4-2-3-5-12(8)17-13-6-9(14)10(15)7-11(13)16/h6-8,12,17H,2-5,16H2,1H3. The van der Waals surface area contributed by atoms with Gasteiger partial charge in [-0.3, -0.25) is 0 Å². The fraction of sp³-hybridized carbons (Fsp3) is 0.538. The molecule has 2 rings (SSSR count). The van der Waals surface area contributed by atoms with Crippen molar-refractivity contribution in [2.45, 2.75) is 38.6 Å². The Balaban J connectivity index is 2.15. The van der Waals surface area contributed by atoms with Crippen molar-refractivity contribution in [3.05, 3.63) is 22.4 Å². The summed E-state index contributed by atoms with van der Waals surface area (Å²) in [6.45, 7) is 2.26. The van der Waals surface area contributed by atoms with E-state index in [-0.39, 0.29) is 5.82 Å². The average Bonchev–Trinajstić information content (AvgIpc) is 2.29. The Hall–Kier alpha value is -0.770. The summed E-state index contributed by atoms with van der Waals surface area (Å²) in [7, 11) is 0. The predicted octanol–water partition coefficient (Wildman–Crippen LogP) is 4.16. The number of hydrogen-bond donors (Lipinski definition) is 2. The molecule has 2 unspecified atom stereocenters. The second-order valence-electron chi connectivity index (χ2n) is 4.87. The molecule has 0 radical (unpaired) electrons. The van der Waals surface area contributed by atoms with Gasteiger partial charge in [0.2, 0.25) is 0 Å². The first-order chi connectivity index (χ1) is 8.08. The molecule has 0 aromatic heterocycles. The van der Waals surface area contributed by atoms with Crippen LogP contribution in [-0.4, -0.2) is 6.04 Å². The maximum Gasteiger partial charge on any atom is 0.139 e. The number of nitrogens with one attached hydrogen (secondary N) is 1. The van der Waals surface area contributed by atoms with E-state index in [1.807, 2.05) is 0 Å². The molecule has 1 saturated carbocycles. The second-order valence-corrected chi connectivity index (χ2v) is 5.72. The average molecular weight is 301 g/mol. The van der Waals surface area contributed by atoms with Crippen LogP contribution in [0.2, 0.25) is 0 Å². The third kappa shape index (κ3) is 2.92. The van der Waals surface area contributed by atoms with Gasteiger partial charge in [0, 0.05) is 12.1 Å². The van der Waals surface area contributed by atoms with Gasteiger partial charge in [-0.25, -0.2) is 4.39 Å². The molecule has 0 aliphatic heterocycles. The highest BCUT2D eigenvalue weighted by molar-refractivity contribution is 9.10. The van der Waals surface area contributed by atoms with Crippen molar-refractivity contribution in [1.82, 2.24) is 0 Å². The first-order valence-electron chi connectivity index (χ1n) is 6.09. The first kappa shape index (κ1) is 12.7. The summed E-state index contributed by atoms with van der Waals surface area (Å²) in [5.74, 6) is 0.330. The molecule has 3 N–H and O–H groups in total. The van der Waals surface area contributed by atoms with Gasteiger partial charge in [0.1, 0.15) is 5.82 Å². The number of hydrogen-bond acceptors (Lipinski definition) is 2. The molecule has 1 aliphatic rings. The zero-order valence-corrected chi connectivity index (χ0v) is 11.6. The fourth-order valence-electron chi connectivity index (χ4n) is 2.42. The van der Waals surface area contributed by atoms with Crippen molar-refractivity contribution in [3.8, 4) is 0 Å². The summed E-state index contributed by atoms with van der Waals surface area (Å²) in [6, 6.07) is 3.54. The van der Waals surface area contributed by atoms with E-state index in [1.165, 1.54) is 25.3 Å². The Morgan fingerprint density at radius 2 is 2.06 bits per heavy atom. The number of anilines is 2. The Labute approximate surface area is 110 Å². The Morgan fingerprint density at radius 3 is 2.76 bits per heavy atom. The summed E-state index contributed by atoms with van der Waals surface area (Å²) < 4.78 is 13.7. The zero-order chi connectivity index (χ0) is 12.4. The molecule has 0 spiro atoms. The molecule has 0 heterocycles. The molecule has 0 saturated heterocycles. The topological polar surface area (TPSA) is 38.0 Å². The van der Waals surface area contributed by atoms with Crippen LogP contribution < -0.4 is 11.1 Å². The number of nitrogens with two attached hydrogens (primary N) is 1. The van der Waals surface area contributed by atoms with Crippen molar-refractivity contribution in [2.24, 2.45) is 5.92 Å². The SMILES string of the molecule is CC1CCCCC1Nc1cc(Br)c(F)cc1N. The van der Waals surface area contributed by atoms with Crippen LogP contribution in [0.1, 0.15) is 32.6 Å². The highest BCUT2D eigenvalue weighted by Crippen LogP contribution is 2.31. The van der Waals surface area contributed by atoms with Crippen molar-refractivity contribution >= 4 is 27.3 Å². The number of nitrogen functional groups attached to an aromatic ring is 1. The second kappa shape index (κ2) is 5.25. The van der Waals surface area contributed by atoms with Gasteiger partial charge >= 0.3 is 0 Å². The van der Waals surface area contributed by atoms with E-state index in [0.29, 0.717) is 22.1 Å². The van der Waals surface area contributed by atoms with Crippen molar-refractivity contribution < 1.29 is 4.39 Å². The normalized spacial score (nSPS) is 24.6. The smallest absolute Gasteiger partial charge is 0.139 e. The molecular formula is C13H18BrFN2. The summed E-state index contributed by atoms with van der Waals surface area (Å²) in [5.41, 5.74) is 7.14. The van der Waals surface area contributed by atoms with Crippen LogP contribution in [0.3, 0.4) is 0 Å². The maximum atomic E-state index is 13.3. The monoisotopic (exact) mass is 300 g/mol. The van der Waals surface area contributed by atoms with E-state index in [4.69, 9.17) is 5.73 Å². The van der Waals surface area contributed by atoms with Crippen LogP contribution in [0.4, 0.5) is 15.8 Å². The molecule has 1 aliphatic carbocycles. The maximum absolute atomic E-state index is 13.3.